The van der Waals surface area contributed by atoms with E-state index in [1.165, 1.54) is 6.07 Å². The minimum absolute atomic E-state index is 0.214. The second-order valence-corrected chi connectivity index (χ2v) is 2.05. The average Bonchev–Trinajstić information content (AvgIpc) is 1.88. The van der Waals surface area contributed by atoms with Crippen molar-refractivity contribution in [2.45, 2.75) is 6.54 Å². The number of halogens is 1. The van der Waals surface area contributed by atoms with Crippen LogP contribution in [-0.4, -0.2) is 7.85 Å². The summed E-state index contributed by atoms with van der Waals surface area (Å²) in [5, 5.41) is 0. The lowest BCUT2D eigenvalue weighted by atomic mass is 9.95. The molecule has 50 valence electrons. The van der Waals surface area contributed by atoms with Crippen LogP contribution in [0.15, 0.2) is 18.2 Å². The van der Waals surface area contributed by atoms with Crippen molar-refractivity contribution >= 4 is 13.3 Å². The molecule has 0 fully saturated rings. The van der Waals surface area contributed by atoms with E-state index in [4.69, 9.17) is 13.6 Å². The summed E-state index contributed by atoms with van der Waals surface area (Å²) in [4.78, 5) is 0. The summed E-state index contributed by atoms with van der Waals surface area (Å²) in [6.07, 6.45) is 0. The predicted octanol–water partition coefficient (Wildman–Crippen LogP) is 0.0782. The molecule has 0 amide bonds. The maximum absolute atomic E-state index is 12.7. The average molecular weight is 135 g/mol. The Bertz CT molecular complexity index is 237. The zero-order valence-corrected chi connectivity index (χ0v) is 5.47. The zero-order chi connectivity index (χ0) is 7.56. The van der Waals surface area contributed by atoms with Gasteiger partial charge in [0, 0.05) is 12.1 Å². The summed E-state index contributed by atoms with van der Waals surface area (Å²) in [5.41, 5.74) is 6.14. The summed E-state index contributed by atoms with van der Waals surface area (Å²) >= 11 is 0. The van der Waals surface area contributed by atoms with Gasteiger partial charge < -0.3 is 5.73 Å². The van der Waals surface area contributed by atoms with Gasteiger partial charge in [-0.05, 0) is 6.07 Å². The van der Waals surface area contributed by atoms with Crippen LogP contribution in [0.5, 0.6) is 0 Å². The van der Waals surface area contributed by atoms with E-state index in [2.05, 4.69) is 0 Å². The van der Waals surface area contributed by atoms with Crippen molar-refractivity contribution in [3.63, 3.8) is 0 Å². The van der Waals surface area contributed by atoms with Crippen molar-refractivity contribution in [1.29, 1.82) is 0 Å². The molecule has 0 aliphatic rings. The highest BCUT2D eigenvalue weighted by atomic mass is 19.1. The molecule has 1 aromatic carbocycles. The van der Waals surface area contributed by atoms with E-state index in [1.807, 2.05) is 0 Å². The van der Waals surface area contributed by atoms with Gasteiger partial charge in [0.2, 0.25) is 0 Å². The molecule has 0 aliphatic carbocycles. The van der Waals surface area contributed by atoms with Crippen LogP contribution >= 0.6 is 0 Å². The quantitative estimate of drug-likeness (QED) is 0.542. The lowest BCUT2D eigenvalue weighted by Gasteiger charge is -1.98. The maximum Gasteiger partial charge on any atom is 0.127 e. The summed E-state index contributed by atoms with van der Waals surface area (Å²) in [6, 6.07) is 4.48. The van der Waals surface area contributed by atoms with Crippen LogP contribution in [-0.2, 0) is 6.54 Å². The molecule has 1 nitrogen and oxygen atoms in total. The Morgan fingerprint density at radius 2 is 2.20 bits per heavy atom. The van der Waals surface area contributed by atoms with E-state index in [1.54, 1.807) is 12.1 Å². The number of hydrogen-bond donors (Lipinski definition) is 1. The Morgan fingerprint density at radius 3 is 2.70 bits per heavy atom. The molecule has 3 heteroatoms. The molecule has 10 heavy (non-hydrogen) atoms. The molecule has 2 radical (unpaired) electrons. The van der Waals surface area contributed by atoms with Gasteiger partial charge in [-0.15, -0.1) is 0 Å². The first-order chi connectivity index (χ1) is 4.74. The Balaban J connectivity index is 3.07. The summed E-state index contributed by atoms with van der Waals surface area (Å²) in [6.45, 7) is 0.214. The predicted molar refractivity (Wildman–Crippen MR) is 39.7 cm³/mol. The van der Waals surface area contributed by atoms with Gasteiger partial charge >= 0.3 is 0 Å². The SMILES string of the molecule is [B]c1ccc(CN)c(F)c1. The molecule has 0 saturated carbocycles. The number of hydrogen-bond acceptors (Lipinski definition) is 1. The first kappa shape index (κ1) is 7.28. The van der Waals surface area contributed by atoms with Crippen molar-refractivity contribution in [3.05, 3.63) is 29.6 Å². The molecule has 0 bridgehead atoms. The van der Waals surface area contributed by atoms with Crippen LogP contribution in [0.2, 0.25) is 0 Å². The van der Waals surface area contributed by atoms with Gasteiger partial charge in [0.05, 0.1) is 0 Å². The molecular weight excluding hydrogens is 128 g/mol. The second-order valence-electron chi connectivity index (χ2n) is 2.05. The van der Waals surface area contributed by atoms with Crippen LogP contribution in [0.25, 0.3) is 0 Å². The third-order valence-electron chi connectivity index (χ3n) is 1.30. The fraction of sp³-hybridized carbons (Fsp3) is 0.143. The topological polar surface area (TPSA) is 26.0 Å². The number of benzene rings is 1. The lowest BCUT2D eigenvalue weighted by Crippen LogP contribution is -2.07. The first-order valence-electron chi connectivity index (χ1n) is 2.98. The second kappa shape index (κ2) is 2.84. The minimum Gasteiger partial charge on any atom is -0.326 e. The van der Waals surface area contributed by atoms with E-state index in [0.717, 1.165) is 0 Å². The highest BCUT2D eigenvalue weighted by molar-refractivity contribution is 6.32. The van der Waals surface area contributed by atoms with E-state index >= 15 is 0 Å². The fourth-order valence-electron chi connectivity index (χ4n) is 0.729. The molecule has 0 saturated heterocycles. The Morgan fingerprint density at radius 1 is 1.50 bits per heavy atom. The maximum atomic E-state index is 12.7. The van der Waals surface area contributed by atoms with E-state index in [-0.39, 0.29) is 12.4 Å². The van der Waals surface area contributed by atoms with E-state index in [9.17, 15) is 4.39 Å². The first-order valence-corrected chi connectivity index (χ1v) is 2.98. The van der Waals surface area contributed by atoms with Crippen LogP contribution in [0.4, 0.5) is 4.39 Å². The van der Waals surface area contributed by atoms with Gasteiger partial charge in [-0.25, -0.2) is 4.39 Å². The van der Waals surface area contributed by atoms with Gasteiger partial charge in [0.15, 0.2) is 0 Å². The highest BCUT2D eigenvalue weighted by Crippen LogP contribution is 2.01. The molecule has 0 unspecified atom stereocenters. The normalized spacial score (nSPS) is 9.80. The van der Waals surface area contributed by atoms with Gasteiger partial charge in [0.25, 0.3) is 0 Å². The standard InChI is InChI=1S/C7H7BFN/c8-6-2-1-5(4-10)7(9)3-6/h1-3H,4,10H2. The molecule has 0 atom stereocenters. The summed E-state index contributed by atoms with van der Waals surface area (Å²) < 4.78 is 12.7. The summed E-state index contributed by atoms with van der Waals surface area (Å²) in [7, 11) is 5.30. The fourth-order valence-corrected chi connectivity index (χ4v) is 0.729. The molecule has 1 rings (SSSR count). The van der Waals surface area contributed by atoms with Gasteiger partial charge in [-0.2, -0.15) is 0 Å². The largest absolute Gasteiger partial charge is 0.326 e. The molecule has 2 N–H and O–H groups in total. The summed E-state index contributed by atoms with van der Waals surface area (Å²) in [5.74, 6) is -0.331. The molecule has 0 aliphatic heterocycles. The Kier molecular flexibility index (Phi) is 2.07. The number of nitrogens with two attached hydrogens (primary N) is 1. The minimum atomic E-state index is -0.331. The molecular formula is C7H7BFN. The monoisotopic (exact) mass is 135 g/mol. The Hall–Kier alpha value is -0.825. The van der Waals surface area contributed by atoms with Crippen LogP contribution in [0, 0.1) is 5.82 Å². The highest BCUT2D eigenvalue weighted by Gasteiger charge is 1.97. The molecule has 0 spiro atoms. The third kappa shape index (κ3) is 1.36. The van der Waals surface area contributed by atoms with Crippen molar-refractivity contribution in [1.82, 2.24) is 0 Å². The Labute approximate surface area is 60.5 Å². The number of rotatable bonds is 1. The van der Waals surface area contributed by atoms with E-state index in [0.29, 0.717) is 11.0 Å². The van der Waals surface area contributed by atoms with Gasteiger partial charge in [-0.1, -0.05) is 17.6 Å². The van der Waals surface area contributed by atoms with Crippen molar-refractivity contribution in [2.75, 3.05) is 0 Å². The third-order valence-corrected chi connectivity index (χ3v) is 1.30. The van der Waals surface area contributed by atoms with Gasteiger partial charge in [-0.3, -0.25) is 0 Å². The zero-order valence-electron chi connectivity index (χ0n) is 5.47. The van der Waals surface area contributed by atoms with Crippen LogP contribution in [0.1, 0.15) is 5.56 Å². The smallest absolute Gasteiger partial charge is 0.127 e. The van der Waals surface area contributed by atoms with Crippen molar-refractivity contribution in [3.8, 4) is 0 Å². The van der Waals surface area contributed by atoms with Crippen LogP contribution < -0.4 is 11.2 Å². The lowest BCUT2D eigenvalue weighted by molar-refractivity contribution is 0.612. The van der Waals surface area contributed by atoms with Crippen molar-refractivity contribution < 1.29 is 4.39 Å². The molecule has 0 aromatic heterocycles. The van der Waals surface area contributed by atoms with Crippen molar-refractivity contribution in [2.24, 2.45) is 5.73 Å². The van der Waals surface area contributed by atoms with Crippen LogP contribution in [0.3, 0.4) is 0 Å². The van der Waals surface area contributed by atoms with Gasteiger partial charge in [0.1, 0.15) is 13.7 Å². The molecule has 0 heterocycles. The van der Waals surface area contributed by atoms with E-state index < -0.39 is 0 Å². The molecule has 1 aromatic rings.